The molecule has 0 saturated carbocycles. The monoisotopic (exact) mass is 369 g/mol. The molecule has 0 radical (unpaired) electrons. The lowest BCUT2D eigenvalue weighted by Crippen LogP contribution is -2.13. The Morgan fingerprint density at radius 1 is 1.14 bits per heavy atom. The molecule has 2 aromatic rings. The molecule has 0 aliphatic rings. The molecule has 110 valence electrons. The number of carboxylic acid groups (broad SMARTS) is 1. The van der Waals surface area contributed by atoms with Crippen LogP contribution in [0.2, 0.25) is 0 Å². The zero-order valence-electron chi connectivity index (χ0n) is 11.0. The average molecular weight is 370 g/mol. The maximum absolute atomic E-state index is 12.2. The summed E-state index contributed by atoms with van der Waals surface area (Å²) in [5.41, 5.74) is 1.31. The first kappa shape index (κ1) is 15.5. The van der Waals surface area contributed by atoms with Crippen LogP contribution in [0, 0.1) is 6.92 Å². The van der Waals surface area contributed by atoms with Gasteiger partial charge in [0.2, 0.25) is 0 Å². The molecule has 2 aromatic carbocycles. The Hall–Kier alpha value is -1.86. The van der Waals surface area contributed by atoms with Crippen molar-refractivity contribution in [3.05, 3.63) is 58.1 Å². The molecular formula is C14H12BrNO4S. The summed E-state index contributed by atoms with van der Waals surface area (Å²) >= 11 is 3.11. The van der Waals surface area contributed by atoms with Gasteiger partial charge in [0.05, 0.1) is 10.5 Å². The molecule has 21 heavy (non-hydrogen) atoms. The van der Waals surface area contributed by atoms with Gasteiger partial charge in [-0.15, -0.1) is 0 Å². The second-order valence-corrected chi connectivity index (χ2v) is 6.96. The molecule has 0 fully saturated rings. The van der Waals surface area contributed by atoms with Crippen LogP contribution in [0.4, 0.5) is 5.69 Å². The lowest BCUT2D eigenvalue weighted by atomic mass is 10.2. The van der Waals surface area contributed by atoms with E-state index in [1.165, 1.54) is 30.3 Å². The van der Waals surface area contributed by atoms with E-state index < -0.39 is 16.0 Å². The second-order valence-electron chi connectivity index (χ2n) is 4.42. The van der Waals surface area contributed by atoms with E-state index in [0.717, 1.165) is 5.56 Å². The van der Waals surface area contributed by atoms with Crippen LogP contribution in [0.5, 0.6) is 0 Å². The Kier molecular flexibility index (Phi) is 4.34. The highest BCUT2D eigenvalue weighted by molar-refractivity contribution is 9.10. The average Bonchev–Trinajstić information content (AvgIpc) is 2.38. The molecule has 0 aromatic heterocycles. The molecule has 0 heterocycles. The van der Waals surface area contributed by atoms with Crippen LogP contribution in [0.25, 0.3) is 0 Å². The minimum absolute atomic E-state index is 0.0632. The van der Waals surface area contributed by atoms with Crippen LogP contribution in [0.3, 0.4) is 0 Å². The third kappa shape index (κ3) is 3.62. The summed E-state index contributed by atoms with van der Waals surface area (Å²) in [5, 5.41) is 8.92. The van der Waals surface area contributed by atoms with Gasteiger partial charge in [-0.2, -0.15) is 0 Å². The molecule has 0 bridgehead atoms. The van der Waals surface area contributed by atoms with Crippen molar-refractivity contribution in [2.75, 3.05) is 4.72 Å². The number of aryl methyl sites for hydroxylation is 1. The number of anilines is 1. The van der Waals surface area contributed by atoms with Crippen LogP contribution < -0.4 is 4.72 Å². The van der Waals surface area contributed by atoms with Gasteiger partial charge < -0.3 is 5.11 Å². The van der Waals surface area contributed by atoms with E-state index in [1.807, 2.05) is 6.92 Å². The molecule has 0 atom stereocenters. The van der Waals surface area contributed by atoms with Crippen molar-refractivity contribution in [3.8, 4) is 0 Å². The highest BCUT2D eigenvalue weighted by atomic mass is 79.9. The quantitative estimate of drug-likeness (QED) is 0.866. The SMILES string of the molecule is Cc1ccc(S(=O)(=O)Nc2ccc(C(=O)O)c(Br)c2)cc1. The van der Waals surface area contributed by atoms with Crippen molar-refractivity contribution < 1.29 is 18.3 Å². The number of nitrogens with one attached hydrogen (secondary N) is 1. The lowest BCUT2D eigenvalue weighted by molar-refractivity contribution is 0.0696. The molecule has 2 rings (SSSR count). The molecule has 7 heteroatoms. The number of rotatable bonds is 4. The van der Waals surface area contributed by atoms with E-state index >= 15 is 0 Å². The number of halogens is 1. The molecule has 0 unspecified atom stereocenters. The Morgan fingerprint density at radius 2 is 1.76 bits per heavy atom. The van der Waals surface area contributed by atoms with Crippen molar-refractivity contribution in [3.63, 3.8) is 0 Å². The molecule has 0 amide bonds. The predicted molar refractivity (Wildman–Crippen MR) is 83.1 cm³/mol. The molecule has 0 spiro atoms. The summed E-state index contributed by atoms with van der Waals surface area (Å²) in [5.74, 6) is -1.09. The number of sulfonamides is 1. The van der Waals surface area contributed by atoms with Crippen molar-refractivity contribution in [1.29, 1.82) is 0 Å². The molecule has 0 aliphatic carbocycles. The fourth-order valence-electron chi connectivity index (χ4n) is 1.68. The molecular weight excluding hydrogens is 358 g/mol. The highest BCUT2D eigenvalue weighted by Gasteiger charge is 2.15. The van der Waals surface area contributed by atoms with Crippen LogP contribution in [0.1, 0.15) is 15.9 Å². The van der Waals surface area contributed by atoms with Crippen LogP contribution in [-0.2, 0) is 10.0 Å². The first-order chi connectivity index (χ1) is 9.79. The summed E-state index contributed by atoms with van der Waals surface area (Å²) in [4.78, 5) is 11.0. The predicted octanol–water partition coefficient (Wildman–Crippen LogP) is 3.26. The number of aromatic carboxylic acids is 1. The Labute approximate surface area is 130 Å². The third-order valence-corrected chi connectivity index (χ3v) is 4.84. The van der Waals surface area contributed by atoms with E-state index in [0.29, 0.717) is 4.47 Å². The van der Waals surface area contributed by atoms with Crippen molar-refractivity contribution in [2.45, 2.75) is 11.8 Å². The van der Waals surface area contributed by atoms with Crippen molar-refractivity contribution in [1.82, 2.24) is 0 Å². The maximum atomic E-state index is 12.2. The van der Waals surface area contributed by atoms with Gasteiger partial charge in [-0.1, -0.05) is 17.7 Å². The van der Waals surface area contributed by atoms with E-state index in [1.54, 1.807) is 12.1 Å². The van der Waals surface area contributed by atoms with Crippen LogP contribution >= 0.6 is 15.9 Å². The third-order valence-electron chi connectivity index (χ3n) is 2.78. The van der Waals surface area contributed by atoms with E-state index in [4.69, 9.17) is 5.11 Å². The second kappa shape index (κ2) is 5.87. The van der Waals surface area contributed by atoms with E-state index in [2.05, 4.69) is 20.7 Å². The minimum Gasteiger partial charge on any atom is -0.478 e. The summed E-state index contributed by atoms with van der Waals surface area (Å²) in [6, 6.07) is 10.6. The fraction of sp³-hybridized carbons (Fsp3) is 0.0714. The molecule has 0 saturated heterocycles. The van der Waals surface area contributed by atoms with Gasteiger partial charge in [-0.3, -0.25) is 4.72 Å². The van der Waals surface area contributed by atoms with E-state index in [9.17, 15) is 13.2 Å². The summed E-state index contributed by atoms with van der Waals surface area (Å²) < 4.78 is 27.1. The summed E-state index contributed by atoms with van der Waals surface area (Å²) in [7, 11) is -3.70. The van der Waals surface area contributed by atoms with Crippen LogP contribution in [0.15, 0.2) is 51.8 Å². The lowest BCUT2D eigenvalue weighted by Gasteiger charge is -2.09. The summed E-state index contributed by atoms with van der Waals surface area (Å²) in [6.07, 6.45) is 0. The zero-order valence-corrected chi connectivity index (χ0v) is 13.4. The largest absolute Gasteiger partial charge is 0.478 e. The number of hydrogen-bond acceptors (Lipinski definition) is 3. The van der Waals surface area contributed by atoms with Gasteiger partial charge in [0, 0.05) is 10.2 Å². The van der Waals surface area contributed by atoms with Crippen molar-refractivity contribution >= 4 is 37.6 Å². The topological polar surface area (TPSA) is 83.5 Å². The van der Waals surface area contributed by atoms with Gasteiger partial charge in [-0.25, -0.2) is 13.2 Å². The fourth-order valence-corrected chi connectivity index (χ4v) is 3.28. The number of benzene rings is 2. The van der Waals surface area contributed by atoms with Gasteiger partial charge >= 0.3 is 5.97 Å². The number of carbonyl (C=O) groups is 1. The van der Waals surface area contributed by atoms with Crippen LogP contribution in [-0.4, -0.2) is 19.5 Å². The Balaban J connectivity index is 2.31. The standard InChI is InChI=1S/C14H12BrNO4S/c1-9-2-5-11(6-3-9)21(19,20)16-10-4-7-12(14(17)18)13(15)8-10/h2-8,16H,1H3,(H,17,18). The van der Waals surface area contributed by atoms with E-state index in [-0.39, 0.29) is 16.1 Å². The number of hydrogen-bond donors (Lipinski definition) is 2. The molecule has 0 aliphatic heterocycles. The normalized spacial score (nSPS) is 11.1. The molecule has 5 nitrogen and oxygen atoms in total. The first-order valence-corrected chi connectivity index (χ1v) is 8.19. The smallest absolute Gasteiger partial charge is 0.336 e. The Bertz CT molecular complexity index is 785. The van der Waals surface area contributed by atoms with Crippen molar-refractivity contribution in [2.24, 2.45) is 0 Å². The van der Waals surface area contributed by atoms with Gasteiger partial charge in [-0.05, 0) is 53.2 Å². The summed E-state index contributed by atoms with van der Waals surface area (Å²) in [6.45, 7) is 1.87. The Morgan fingerprint density at radius 3 is 2.29 bits per heavy atom. The zero-order chi connectivity index (χ0) is 15.6. The maximum Gasteiger partial charge on any atom is 0.336 e. The highest BCUT2D eigenvalue weighted by Crippen LogP contribution is 2.23. The first-order valence-electron chi connectivity index (χ1n) is 5.92. The van der Waals surface area contributed by atoms with Gasteiger partial charge in [0.15, 0.2) is 0 Å². The van der Waals surface area contributed by atoms with Gasteiger partial charge in [0.25, 0.3) is 10.0 Å². The molecule has 2 N–H and O–H groups in total. The number of carboxylic acids is 1. The van der Waals surface area contributed by atoms with Gasteiger partial charge in [0.1, 0.15) is 0 Å². The minimum atomic E-state index is -3.70.